The van der Waals surface area contributed by atoms with Crippen LogP contribution in [0.2, 0.25) is 0 Å². The summed E-state index contributed by atoms with van der Waals surface area (Å²) in [6.45, 7) is 6.97. The molecule has 0 saturated heterocycles. The van der Waals surface area contributed by atoms with E-state index in [4.69, 9.17) is 0 Å². The van der Waals surface area contributed by atoms with E-state index >= 15 is 0 Å². The zero-order valence-corrected chi connectivity index (χ0v) is 10.8. The van der Waals surface area contributed by atoms with Crippen LogP contribution in [0.1, 0.15) is 35.6 Å². The Bertz CT molecular complexity index is 559. The van der Waals surface area contributed by atoms with Crippen molar-refractivity contribution >= 4 is 0 Å². The summed E-state index contributed by atoms with van der Waals surface area (Å²) in [6, 6.07) is 8.61. The Morgan fingerprint density at radius 1 is 1.33 bits per heavy atom. The minimum atomic E-state index is 0.316. The molecule has 1 aliphatic rings. The van der Waals surface area contributed by atoms with E-state index in [9.17, 15) is 0 Å². The maximum Gasteiger partial charge on any atom is 0.141 e. The monoisotopic (exact) mass is 242 g/mol. The second kappa shape index (κ2) is 4.53. The second-order valence-corrected chi connectivity index (χ2v) is 4.73. The molecule has 18 heavy (non-hydrogen) atoms. The molecule has 3 rings (SSSR count). The van der Waals surface area contributed by atoms with Gasteiger partial charge in [0.2, 0.25) is 0 Å². The predicted molar refractivity (Wildman–Crippen MR) is 70.4 cm³/mol. The molecule has 0 aliphatic carbocycles. The van der Waals surface area contributed by atoms with Crippen molar-refractivity contribution in [2.45, 2.75) is 32.9 Å². The van der Waals surface area contributed by atoms with Gasteiger partial charge in [0.25, 0.3) is 0 Å². The van der Waals surface area contributed by atoms with Gasteiger partial charge in [0.1, 0.15) is 11.6 Å². The molecule has 1 aliphatic heterocycles. The van der Waals surface area contributed by atoms with Gasteiger partial charge in [-0.3, -0.25) is 0 Å². The lowest BCUT2D eigenvalue weighted by atomic mass is 9.90. The van der Waals surface area contributed by atoms with Crippen LogP contribution in [0.15, 0.2) is 24.3 Å². The van der Waals surface area contributed by atoms with E-state index in [-0.39, 0.29) is 0 Å². The smallest absolute Gasteiger partial charge is 0.141 e. The molecule has 2 heterocycles. The second-order valence-electron chi connectivity index (χ2n) is 4.73. The third-order valence-corrected chi connectivity index (χ3v) is 3.69. The first-order valence-corrected chi connectivity index (χ1v) is 6.49. The van der Waals surface area contributed by atoms with E-state index in [1.54, 1.807) is 0 Å². The Balaban J connectivity index is 2.08. The van der Waals surface area contributed by atoms with Crippen molar-refractivity contribution in [3.05, 3.63) is 47.0 Å². The van der Waals surface area contributed by atoms with Crippen molar-refractivity contribution in [1.29, 1.82) is 0 Å². The fourth-order valence-corrected chi connectivity index (χ4v) is 2.77. The van der Waals surface area contributed by atoms with Crippen molar-refractivity contribution < 1.29 is 0 Å². The summed E-state index contributed by atoms with van der Waals surface area (Å²) in [5.41, 5.74) is 2.76. The van der Waals surface area contributed by atoms with Gasteiger partial charge in [-0.1, -0.05) is 24.3 Å². The van der Waals surface area contributed by atoms with E-state index in [0.29, 0.717) is 5.92 Å². The normalized spacial score (nSPS) is 18.7. The van der Waals surface area contributed by atoms with Gasteiger partial charge in [0.05, 0.1) is 5.92 Å². The minimum absolute atomic E-state index is 0.316. The zero-order chi connectivity index (χ0) is 12.5. The largest absolute Gasteiger partial charge is 0.315 e. The lowest BCUT2D eigenvalue weighted by Gasteiger charge is -2.26. The van der Waals surface area contributed by atoms with E-state index in [1.807, 2.05) is 6.92 Å². The number of aromatic nitrogens is 3. The predicted octanol–water partition coefficient (Wildman–Crippen LogP) is 1.84. The number of hydrogen-bond donors (Lipinski definition) is 1. The first kappa shape index (κ1) is 11.4. The van der Waals surface area contributed by atoms with Gasteiger partial charge in [-0.2, -0.15) is 0 Å². The first-order valence-electron chi connectivity index (χ1n) is 6.49. The Labute approximate surface area is 107 Å². The van der Waals surface area contributed by atoms with Gasteiger partial charge in [-0.05, 0) is 25.0 Å². The number of fused-ring (bicyclic) bond motifs is 1. The van der Waals surface area contributed by atoms with E-state index in [0.717, 1.165) is 31.3 Å². The number of rotatable bonds is 2. The van der Waals surface area contributed by atoms with E-state index in [2.05, 4.69) is 51.3 Å². The summed E-state index contributed by atoms with van der Waals surface area (Å²) >= 11 is 0. The lowest BCUT2D eigenvalue weighted by Crippen LogP contribution is -2.30. The molecule has 4 heteroatoms. The average molecular weight is 242 g/mol. The summed E-state index contributed by atoms with van der Waals surface area (Å²) in [4.78, 5) is 0. The molecule has 0 saturated carbocycles. The molecule has 0 radical (unpaired) electrons. The number of aryl methyl sites for hydroxylation is 1. The summed E-state index contributed by atoms with van der Waals surface area (Å²) in [5, 5.41) is 12.1. The van der Waals surface area contributed by atoms with Crippen LogP contribution in [0.5, 0.6) is 0 Å². The molecule has 2 aromatic rings. The fourth-order valence-electron chi connectivity index (χ4n) is 2.77. The van der Waals surface area contributed by atoms with Crippen LogP contribution in [-0.4, -0.2) is 21.3 Å². The van der Waals surface area contributed by atoms with Crippen LogP contribution in [0.3, 0.4) is 0 Å². The standard InChI is InChI=1S/C14H18N4/c1-3-18-10(2)16-17-14(18)13-9-15-8-11-6-4-5-7-12(11)13/h4-7,13,15H,3,8-9H2,1-2H3. The van der Waals surface area contributed by atoms with Gasteiger partial charge in [-0.15, -0.1) is 10.2 Å². The molecule has 94 valence electrons. The number of benzene rings is 1. The summed E-state index contributed by atoms with van der Waals surface area (Å²) in [6.07, 6.45) is 0. The molecular weight excluding hydrogens is 224 g/mol. The van der Waals surface area contributed by atoms with Crippen LogP contribution < -0.4 is 5.32 Å². The molecule has 4 nitrogen and oxygen atoms in total. The first-order chi connectivity index (χ1) is 8.81. The van der Waals surface area contributed by atoms with Crippen molar-refractivity contribution in [2.75, 3.05) is 6.54 Å². The Morgan fingerprint density at radius 2 is 2.17 bits per heavy atom. The highest BCUT2D eigenvalue weighted by atomic mass is 15.3. The maximum atomic E-state index is 4.38. The number of hydrogen-bond acceptors (Lipinski definition) is 3. The van der Waals surface area contributed by atoms with E-state index < -0.39 is 0 Å². The van der Waals surface area contributed by atoms with Crippen molar-refractivity contribution in [3.63, 3.8) is 0 Å². The van der Waals surface area contributed by atoms with Crippen molar-refractivity contribution in [3.8, 4) is 0 Å². The minimum Gasteiger partial charge on any atom is -0.315 e. The van der Waals surface area contributed by atoms with Crippen LogP contribution in [0, 0.1) is 6.92 Å². The average Bonchev–Trinajstić information content (AvgIpc) is 2.79. The molecule has 0 bridgehead atoms. The molecule has 0 amide bonds. The van der Waals surface area contributed by atoms with Gasteiger partial charge < -0.3 is 9.88 Å². The van der Waals surface area contributed by atoms with Gasteiger partial charge >= 0.3 is 0 Å². The third-order valence-electron chi connectivity index (χ3n) is 3.69. The van der Waals surface area contributed by atoms with Crippen LogP contribution in [-0.2, 0) is 13.1 Å². The fraction of sp³-hybridized carbons (Fsp3) is 0.429. The molecule has 0 spiro atoms. The van der Waals surface area contributed by atoms with Gasteiger partial charge in [-0.25, -0.2) is 0 Å². The summed E-state index contributed by atoms with van der Waals surface area (Å²) in [5.74, 6) is 2.39. The van der Waals surface area contributed by atoms with Crippen molar-refractivity contribution in [1.82, 2.24) is 20.1 Å². The molecule has 1 atom stereocenters. The maximum absolute atomic E-state index is 4.38. The highest BCUT2D eigenvalue weighted by Gasteiger charge is 2.25. The van der Waals surface area contributed by atoms with Gasteiger partial charge in [0, 0.05) is 19.6 Å². The van der Waals surface area contributed by atoms with Gasteiger partial charge in [0.15, 0.2) is 0 Å². The molecule has 1 unspecified atom stereocenters. The van der Waals surface area contributed by atoms with Crippen molar-refractivity contribution in [2.24, 2.45) is 0 Å². The SMILES string of the molecule is CCn1c(C)nnc1C1CNCc2ccccc21. The lowest BCUT2D eigenvalue weighted by molar-refractivity contribution is 0.544. The van der Waals surface area contributed by atoms with Crippen LogP contribution in [0.4, 0.5) is 0 Å². The summed E-state index contributed by atoms with van der Waals surface area (Å²) in [7, 11) is 0. The molecule has 1 aromatic heterocycles. The third kappa shape index (κ3) is 1.73. The topological polar surface area (TPSA) is 42.7 Å². The van der Waals surface area contributed by atoms with E-state index in [1.165, 1.54) is 11.1 Å². The Kier molecular flexibility index (Phi) is 2.88. The number of nitrogens with zero attached hydrogens (tertiary/aromatic N) is 3. The quantitative estimate of drug-likeness (QED) is 0.874. The Hall–Kier alpha value is -1.68. The number of nitrogens with one attached hydrogen (secondary N) is 1. The Morgan fingerprint density at radius 3 is 3.00 bits per heavy atom. The van der Waals surface area contributed by atoms with Crippen LogP contribution in [0.25, 0.3) is 0 Å². The highest BCUT2D eigenvalue weighted by Crippen LogP contribution is 2.29. The molecule has 1 N–H and O–H groups in total. The summed E-state index contributed by atoms with van der Waals surface area (Å²) < 4.78 is 2.20. The molecule has 1 aromatic carbocycles. The van der Waals surface area contributed by atoms with Crippen LogP contribution >= 0.6 is 0 Å². The molecule has 0 fully saturated rings. The molecular formula is C14H18N4. The zero-order valence-electron chi connectivity index (χ0n) is 10.8. The highest BCUT2D eigenvalue weighted by molar-refractivity contribution is 5.36.